The molecule has 0 spiro atoms. The first-order valence-corrected chi connectivity index (χ1v) is 5.57. The number of piperidine rings is 1. The zero-order valence-electron chi connectivity index (χ0n) is 7.45. The molecular weight excluding hydrogens is 172 g/mol. The third kappa shape index (κ3) is 2.38. The van der Waals surface area contributed by atoms with E-state index in [9.17, 15) is 4.79 Å². The standard InChI is InChI=1S/C8H16N2OS/c1-12-7-3-2-4-10(6-7)8(11)5-9/h7H,2-6,9H2,1H3. The number of nitrogens with two attached hydrogens (primary N) is 1. The average Bonchev–Trinajstić information content (AvgIpc) is 2.17. The van der Waals surface area contributed by atoms with Crippen LogP contribution in [0.2, 0.25) is 0 Å². The predicted molar refractivity (Wildman–Crippen MR) is 52.2 cm³/mol. The maximum atomic E-state index is 11.2. The highest BCUT2D eigenvalue weighted by atomic mass is 32.2. The highest BCUT2D eigenvalue weighted by molar-refractivity contribution is 7.99. The summed E-state index contributed by atoms with van der Waals surface area (Å²) in [6.07, 6.45) is 4.45. The molecule has 1 heterocycles. The molecule has 0 aliphatic carbocycles. The van der Waals surface area contributed by atoms with Gasteiger partial charge in [-0.1, -0.05) is 0 Å². The second kappa shape index (κ2) is 4.72. The summed E-state index contributed by atoms with van der Waals surface area (Å²) in [4.78, 5) is 13.1. The lowest BCUT2D eigenvalue weighted by molar-refractivity contribution is -0.130. The van der Waals surface area contributed by atoms with Gasteiger partial charge >= 0.3 is 0 Å². The molecule has 4 heteroatoms. The first kappa shape index (κ1) is 9.86. The Morgan fingerprint density at radius 2 is 2.50 bits per heavy atom. The Labute approximate surface area is 77.7 Å². The minimum Gasteiger partial charge on any atom is -0.340 e. The number of nitrogens with zero attached hydrogens (tertiary/aromatic N) is 1. The summed E-state index contributed by atoms with van der Waals surface area (Å²) in [6.45, 7) is 1.94. The molecule has 0 aromatic heterocycles. The van der Waals surface area contributed by atoms with Crippen molar-refractivity contribution in [2.45, 2.75) is 18.1 Å². The number of hydrogen-bond acceptors (Lipinski definition) is 3. The summed E-state index contributed by atoms with van der Waals surface area (Å²) < 4.78 is 0. The van der Waals surface area contributed by atoms with Gasteiger partial charge in [-0.15, -0.1) is 0 Å². The minimum absolute atomic E-state index is 0.0914. The van der Waals surface area contributed by atoms with Crippen LogP contribution in [0.4, 0.5) is 0 Å². The van der Waals surface area contributed by atoms with E-state index in [2.05, 4.69) is 6.26 Å². The molecule has 1 aliphatic rings. The fourth-order valence-electron chi connectivity index (χ4n) is 1.49. The van der Waals surface area contributed by atoms with Gasteiger partial charge in [-0.3, -0.25) is 4.79 Å². The van der Waals surface area contributed by atoms with Gasteiger partial charge < -0.3 is 10.6 Å². The maximum absolute atomic E-state index is 11.2. The first-order valence-electron chi connectivity index (χ1n) is 4.28. The van der Waals surface area contributed by atoms with Gasteiger partial charge in [0.15, 0.2) is 0 Å². The van der Waals surface area contributed by atoms with E-state index < -0.39 is 0 Å². The Morgan fingerprint density at radius 1 is 1.75 bits per heavy atom. The van der Waals surface area contributed by atoms with Crippen LogP contribution in [0.5, 0.6) is 0 Å². The highest BCUT2D eigenvalue weighted by Crippen LogP contribution is 2.19. The van der Waals surface area contributed by atoms with Crippen molar-refractivity contribution in [1.82, 2.24) is 4.90 Å². The number of amides is 1. The van der Waals surface area contributed by atoms with E-state index in [0.717, 1.165) is 19.5 Å². The number of rotatable bonds is 2. The van der Waals surface area contributed by atoms with E-state index in [0.29, 0.717) is 5.25 Å². The third-order valence-corrected chi connectivity index (χ3v) is 3.29. The average molecular weight is 188 g/mol. The predicted octanol–water partition coefficient (Wildman–Crippen LogP) is 0.299. The van der Waals surface area contributed by atoms with Crippen molar-refractivity contribution in [2.75, 3.05) is 25.9 Å². The minimum atomic E-state index is 0.0914. The SMILES string of the molecule is CSC1CCCN(C(=O)CN)C1. The van der Waals surface area contributed by atoms with Crippen molar-refractivity contribution in [2.24, 2.45) is 5.73 Å². The number of thioether (sulfide) groups is 1. The number of carbonyl (C=O) groups is 1. The Bertz CT molecular complexity index is 163. The van der Waals surface area contributed by atoms with Crippen LogP contribution in [0.3, 0.4) is 0 Å². The Kier molecular flexibility index (Phi) is 3.88. The molecule has 0 bridgehead atoms. The monoisotopic (exact) mass is 188 g/mol. The van der Waals surface area contributed by atoms with Gasteiger partial charge in [-0.05, 0) is 19.1 Å². The van der Waals surface area contributed by atoms with Crippen LogP contribution >= 0.6 is 11.8 Å². The first-order chi connectivity index (χ1) is 5.77. The van der Waals surface area contributed by atoms with E-state index in [4.69, 9.17) is 5.73 Å². The molecule has 3 nitrogen and oxygen atoms in total. The Balaban J connectivity index is 2.40. The summed E-state index contributed by atoms with van der Waals surface area (Å²) in [5.74, 6) is 0.0914. The molecule has 1 rings (SSSR count). The quantitative estimate of drug-likeness (QED) is 0.678. The topological polar surface area (TPSA) is 46.3 Å². The van der Waals surface area contributed by atoms with Crippen molar-refractivity contribution in [3.8, 4) is 0 Å². The smallest absolute Gasteiger partial charge is 0.236 e. The molecule has 0 saturated carbocycles. The van der Waals surface area contributed by atoms with Crippen LogP contribution in [0.15, 0.2) is 0 Å². The van der Waals surface area contributed by atoms with Crippen molar-refractivity contribution in [1.29, 1.82) is 0 Å². The van der Waals surface area contributed by atoms with E-state index in [1.165, 1.54) is 6.42 Å². The molecule has 1 fully saturated rings. The van der Waals surface area contributed by atoms with Gasteiger partial charge in [0.2, 0.25) is 5.91 Å². The number of carbonyl (C=O) groups excluding carboxylic acids is 1. The molecule has 70 valence electrons. The van der Waals surface area contributed by atoms with Gasteiger partial charge in [0, 0.05) is 18.3 Å². The van der Waals surface area contributed by atoms with Crippen LogP contribution < -0.4 is 5.73 Å². The number of hydrogen-bond donors (Lipinski definition) is 1. The number of likely N-dealkylation sites (tertiary alicyclic amines) is 1. The largest absolute Gasteiger partial charge is 0.340 e. The van der Waals surface area contributed by atoms with Crippen molar-refractivity contribution >= 4 is 17.7 Å². The van der Waals surface area contributed by atoms with Crippen LogP contribution in [-0.4, -0.2) is 41.9 Å². The molecule has 0 aromatic carbocycles. The fourth-order valence-corrected chi connectivity index (χ4v) is 2.22. The third-order valence-electron chi connectivity index (χ3n) is 2.24. The molecule has 0 radical (unpaired) electrons. The van der Waals surface area contributed by atoms with Crippen molar-refractivity contribution < 1.29 is 4.79 Å². The molecule has 1 unspecified atom stereocenters. The summed E-state index contributed by atoms with van der Waals surface area (Å²) in [5, 5.41) is 0.620. The van der Waals surface area contributed by atoms with E-state index in [1.807, 2.05) is 16.7 Å². The normalized spacial score (nSPS) is 24.2. The van der Waals surface area contributed by atoms with Crippen molar-refractivity contribution in [3.05, 3.63) is 0 Å². The van der Waals surface area contributed by atoms with Gasteiger partial charge in [0.1, 0.15) is 0 Å². The second-order valence-electron chi connectivity index (χ2n) is 3.04. The van der Waals surface area contributed by atoms with Crippen LogP contribution in [0, 0.1) is 0 Å². The summed E-state index contributed by atoms with van der Waals surface area (Å²) in [6, 6.07) is 0. The molecule has 1 amide bonds. The van der Waals surface area contributed by atoms with Crippen LogP contribution in [0.25, 0.3) is 0 Å². The summed E-state index contributed by atoms with van der Waals surface area (Å²) >= 11 is 1.84. The lowest BCUT2D eigenvalue weighted by Crippen LogP contribution is -2.43. The molecular formula is C8H16N2OS. The molecule has 12 heavy (non-hydrogen) atoms. The lowest BCUT2D eigenvalue weighted by Gasteiger charge is -2.31. The van der Waals surface area contributed by atoms with Gasteiger partial charge in [0.25, 0.3) is 0 Å². The van der Waals surface area contributed by atoms with E-state index in [1.54, 1.807) is 0 Å². The van der Waals surface area contributed by atoms with Crippen molar-refractivity contribution in [3.63, 3.8) is 0 Å². The van der Waals surface area contributed by atoms with Gasteiger partial charge in [-0.2, -0.15) is 11.8 Å². The molecule has 1 atom stereocenters. The van der Waals surface area contributed by atoms with E-state index >= 15 is 0 Å². The lowest BCUT2D eigenvalue weighted by atomic mass is 10.1. The Morgan fingerprint density at radius 3 is 3.08 bits per heavy atom. The molecule has 2 N–H and O–H groups in total. The maximum Gasteiger partial charge on any atom is 0.236 e. The summed E-state index contributed by atoms with van der Waals surface area (Å²) in [5.41, 5.74) is 5.29. The molecule has 1 aliphatic heterocycles. The van der Waals surface area contributed by atoms with E-state index in [-0.39, 0.29) is 12.5 Å². The zero-order valence-corrected chi connectivity index (χ0v) is 8.27. The van der Waals surface area contributed by atoms with Gasteiger partial charge in [0.05, 0.1) is 6.54 Å². The molecule has 0 aromatic rings. The van der Waals surface area contributed by atoms with Gasteiger partial charge in [-0.25, -0.2) is 0 Å². The zero-order chi connectivity index (χ0) is 8.97. The highest BCUT2D eigenvalue weighted by Gasteiger charge is 2.21. The Hall–Kier alpha value is -0.220. The summed E-state index contributed by atoms with van der Waals surface area (Å²) in [7, 11) is 0. The molecule has 1 saturated heterocycles. The van der Waals surface area contributed by atoms with Crippen LogP contribution in [-0.2, 0) is 4.79 Å². The second-order valence-corrected chi connectivity index (χ2v) is 4.18. The fraction of sp³-hybridized carbons (Fsp3) is 0.875. The van der Waals surface area contributed by atoms with Crippen LogP contribution in [0.1, 0.15) is 12.8 Å².